The fraction of sp³-hybridized carbons (Fsp3) is 0.310. The van der Waals surface area contributed by atoms with Crippen molar-refractivity contribution in [1.82, 2.24) is 29.9 Å². The highest BCUT2D eigenvalue weighted by Crippen LogP contribution is 2.28. The van der Waals surface area contributed by atoms with Crippen molar-refractivity contribution in [3.8, 4) is 17.0 Å². The molecule has 2 aromatic carbocycles. The Morgan fingerprint density at radius 1 is 1.25 bits per heavy atom. The molecule has 208 valence electrons. The molecule has 4 aromatic rings. The summed E-state index contributed by atoms with van der Waals surface area (Å²) >= 11 is 0. The van der Waals surface area contributed by atoms with Crippen molar-refractivity contribution in [2.75, 3.05) is 45.2 Å². The van der Waals surface area contributed by atoms with Crippen LogP contribution in [0, 0.1) is 12.7 Å². The average molecular weight is 546 g/mol. The number of fused-ring (bicyclic) bond motifs is 1. The number of ether oxygens (including phenoxy) is 1. The Balaban J connectivity index is 1.22. The number of aldehydes is 1. The summed E-state index contributed by atoms with van der Waals surface area (Å²) in [5.41, 5.74) is 4.14. The van der Waals surface area contributed by atoms with Crippen LogP contribution in [-0.4, -0.2) is 77.3 Å². The second-order valence-electron chi connectivity index (χ2n) is 9.72. The van der Waals surface area contributed by atoms with Crippen LogP contribution in [-0.2, 0) is 4.79 Å². The number of nitrogens with one attached hydrogen (secondary N) is 3. The van der Waals surface area contributed by atoms with Crippen molar-refractivity contribution < 1.29 is 18.7 Å². The van der Waals surface area contributed by atoms with Crippen molar-refractivity contribution in [1.29, 1.82) is 0 Å². The van der Waals surface area contributed by atoms with E-state index in [-0.39, 0.29) is 17.7 Å². The summed E-state index contributed by atoms with van der Waals surface area (Å²) in [7, 11) is 1.43. The number of nitrogens with zero attached hydrogens (tertiary/aromatic N) is 4. The first-order valence-corrected chi connectivity index (χ1v) is 13.2. The maximum atomic E-state index is 14.3. The number of benzene rings is 2. The van der Waals surface area contributed by atoms with Gasteiger partial charge in [-0.1, -0.05) is 0 Å². The Morgan fingerprint density at radius 2 is 2.12 bits per heavy atom. The van der Waals surface area contributed by atoms with Crippen LogP contribution in [0.3, 0.4) is 0 Å². The van der Waals surface area contributed by atoms with Gasteiger partial charge in [0.25, 0.3) is 5.91 Å². The molecule has 3 heterocycles. The van der Waals surface area contributed by atoms with E-state index < -0.39 is 5.82 Å². The lowest BCUT2D eigenvalue weighted by Crippen LogP contribution is -2.51. The van der Waals surface area contributed by atoms with Crippen molar-refractivity contribution in [3.05, 3.63) is 71.9 Å². The standard InChI is InChI=1S/C29H32FN7O3/c1-19-14-21(5-6-23(19)29(39)33-8-3-11-36-12-9-31-22(17-36)18-38)35-27-28-34-16-25(37(28)13-10-32-27)20-4-7-26(40-2)24(30)15-20/h4-7,10,13-16,18,22,31H,3,8-9,11-12,17H2,1-2H3,(H,32,35)(H,33,39). The monoisotopic (exact) mass is 545 g/mol. The first-order chi connectivity index (χ1) is 19.5. The summed E-state index contributed by atoms with van der Waals surface area (Å²) in [6, 6.07) is 10.2. The Bertz CT molecular complexity index is 1520. The summed E-state index contributed by atoms with van der Waals surface area (Å²) in [5, 5.41) is 9.45. The molecule has 0 spiro atoms. The van der Waals surface area contributed by atoms with Crippen molar-refractivity contribution in [3.63, 3.8) is 0 Å². The summed E-state index contributed by atoms with van der Waals surface area (Å²) in [6.07, 6.45) is 6.84. The molecule has 1 aliphatic rings. The van der Waals surface area contributed by atoms with Crippen LogP contribution < -0.4 is 20.7 Å². The maximum absolute atomic E-state index is 14.3. The van der Waals surface area contributed by atoms with E-state index in [1.54, 1.807) is 36.8 Å². The lowest BCUT2D eigenvalue weighted by Gasteiger charge is -2.30. The predicted molar refractivity (Wildman–Crippen MR) is 151 cm³/mol. The molecule has 3 N–H and O–H groups in total. The number of carbonyl (C=O) groups is 2. The SMILES string of the molecule is COc1ccc(-c2cnc3c(Nc4ccc(C(=O)NCCCN5CCNC(C=O)C5)c(C)c4)nccn23)cc1F. The van der Waals surface area contributed by atoms with E-state index in [1.165, 1.54) is 13.2 Å². The topological polar surface area (TPSA) is 113 Å². The number of halogens is 1. The lowest BCUT2D eigenvalue weighted by molar-refractivity contribution is -0.110. The van der Waals surface area contributed by atoms with Crippen molar-refractivity contribution in [2.24, 2.45) is 0 Å². The predicted octanol–water partition coefficient (Wildman–Crippen LogP) is 3.19. The molecule has 11 heteroatoms. The van der Waals surface area contributed by atoms with E-state index in [9.17, 15) is 14.0 Å². The van der Waals surface area contributed by atoms with E-state index in [4.69, 9.17) is 4.74 Å². The minimum Gasteiger partial charge on any atom is -0.494 e. The van der Waals surface area contributed by atoms with E-state index in [0.717, 1.165) is 43.6 Å². The minimum absolute atomic E-state index is 0.117. The van der Waals surface area contributed by atoms with E-state index in [2.05, 4.69) is 30.8 Å². The first kappa shape index (κ1) is 27.2. The zero-order valence-corrected chi connectivity index (χ0v) is 22.5. The van der Waals surface area contributed by atoms with Gasteiger partial charge in [-0.3, -0.25) is 9.20 Å². The number of imidazole rings is 1. The Labute approximate surface area is 231 Å². The van der Waals surface area contributed by atoms with Crippen LogP contribution in [0.2, 0.25) is 0 Å². The minimum atomic E-state index is -0.450. The molecule has 0 radical (unpaired) electrons. The molecule has 1 fully saturated rings. The Hall–Kier alpha value is -4.35. The quantitative estimate of drug-likeness (QED) is 0.206. The number of hydrogen-bond acceptors (Lipinski definition) is 8. The summed E-state index contributed by atoms with van der Waals surface area (Å²) in [4.78, 5) is 35.0. The van der Waals surface area contributed by atoms with Crippen molar-refractivity contribution in [2.45, 2.75) is 19.4 Å². The fourth-order valence-electron chi connectivity index (χ4n) is 4.92. The van der Waals surface area contributed by atoms with E-state index >= 15 is 0 Å². The Kier molecular flexibility index (Phi) is 8.32. The summed E-state index contributed by atoms with van der Waals surface area (Å²) < 4.78 is 21.2. The third kappa shape index (κ3) is 5.95. The number of aryl methyl sites for hydroxylation is 1. The molecule has 10 nitrogen and oxygen atoms in total. The van der Waals surface area contributed by atoms with Gasteiger partial charge >= 0.3 is 0 Å². The highest BCUT2D eigenvalue weighted by atomic mass is 19.1. The molecular formula is C29H32FN7O3. The van der Waals surface area contributed by atoms with Gasteiger partial charge in [0, 0.05) is 55.4 Å². The molecule has 1 aliphatic heterocycles. The third-order valence-corrected chi connectivity index (χ3v) is 7.00. The smallest absolute Gasteiger partial charge is 0.251 e. The fourth-order valence-corrected chi connectivity index (χ4v) is 4.92. The summed E-state index contributed by atoms with van der Waals surface area (Å²) in [5.74, 6) is 0.136. The molecule has 5 rings (SSSR count). The number of rotatable bonds is 10. The number of aromatic nitrogens is 3. The number of methoxy groups -OCH3 is 1. The van der Waals surface area contributed by atoms with Gasteiger partial charge in [-0.15, -0.1) is 0 Å². The number of carbonyl (C=O) groups excluding carboxylic acids is 2. The van der Waals surface area contributed by atoms with Gasteiger partial charge in [0.1, 0.15) is 6.29 Å². The zero-order chi connectivity index (χ0) is 28.1. The number of amides is 1. The number of piperazine rings is 1. The maximum Gasteiger partial charge on any atom is 0.251 e. The van der Waals surface area contributed by atoms with Crippen LogP contribution in [0.1, 0.15) is 22.3 Å². The second kappa shape index (κ2) is 12.2. The molecule has 1 atom stereocenters. The molecule has 0 bridgehead atoms. The number of hydrogen-bond donors (Lipinski definition) is 3. The molecule has 2 aromatic heterocycles. The van der Waals surface area contributed by atoms with Crippen LogP contribution in [0.15, 0.2) is 55.0 Å². The highest BCUT2D eigenvalue weighted by molar-refractivity contribution is 5.96. The van der Waals surface area contributed by atoms with Gasteiger partial charge in [0.15, 0.2) is 23.0 Å². The van der Waals surface area contributed by atoms with Crippen LogP contribution in [0.25, 0.3) is 16.9 Å². The van der Waals surface area contributed by atoms with Crippen LogP contribution >= 0.6 is 0 Å². The lowest BCUT2D eigenvalue weighted by atomic mass is 10.1. The summed E-state index contributed by atoms with van der Waals surface area (Å²) in [6.45, 7) is 5.67. The van der Waals surface area contributed by atoms with Gasteiger partial charge in [-0.25, -0.2) is 14.4 Å². The largest absolute Gasteiger partial charge is 0.494 e. The Morgan fingerprint density at radius 3 is 2.90 bits per heavy atom. The van der Waals surface area contributed by atoms with Gasteiger partial charge < -0.3 is 30.4 Å². The van der Waals surface area contributed by atoms with Gasteiger partial charge in [0.2, 0.25) is 0 Å². The molecule has 0 saturated carbocycles. The molecule has 0 aliphatic carbocycles. The van der Waals surface area contributed by atoms with Crippen molar-refractivity contribution >= 4 is 29.3 Å². The molecule has 1 saturated heterocycles. The zero-order valence-electron chi connectivity index (χ0n) is 22.5. The molecule has 1 unspecified atom stereocenters. The molecular weight excluding hydrogens is 513 g/mol. The normalized spacial score (nSPS) is 15.6. The second-order valence-corrected chi connectivity index (χ2v) is 9.72. The third-order valence-electron chi connectivity index (χ3n) is 7.00. The molecule has 1 amide bonds. The highest BCUT2D eigenvalue weighted by Gasteiger charge is 2.18. The van der Waals surface area contributed by atoms with Crippen LogP contribution in [0.5, 0.6) is 5.75 Å². The number of anilines is 2. The van der Waals surface area contributed by atoms with Gasteiger partial charge in [0.05, 0.1) is 25.0 Å². The van der Waals surface area contributed by atoms with Gasteiger partial charge in [-0.05, 0) is 61.9 Å². The molecule has 40 heavy (non-hydrogen) atoms. The first-order valence-electron chi connectivity index (χ1n) is 13.2. The van der Waals surface area contributed by atoms with Gasteiger partial charge in [-0.2, -0.15) is 0 Å². The van der Waals surface area contributed by atoms with E-state index in [0.29, 0.717) is 41.4 Å². The average Bonchev–Trinajstić information content (AvgIpc) is 3.41. The van der Waals surface area contributed by atoms with E-state index in [1.807, 2.05) is 23.5 Å². The van der Waals surface area contributed by atoms with Crippen LogP contribution in [0.4, 0.5) is 15.9 Å².